The average molecular weight is 240 g/mol. The van der Waals surface area contributed by atoms with Crippen LogP contribution in [-0.2, 0) is 0 Å². The van der Waals surface area contributed by atoms with Crippen LogP contribution in [0.2, 0.25) is 0 Å². The highest BCUT2D eigenvalue weighted by molar-refractivity contribution is 4.96. The highest BCUT2D eigenvalue weighted by atomic mass is 19.4. The highest BCUT2D eigenvalue weighted by Gasteiger charge is 2.48. The summed E-state index contributed by atoms with van der Waals surface area (Å²) >= 11 is 0. The Morgan fingerprint density at radius 1 is 1.25 bits per heavy atom. The molecule has 2 rings (SSSR count). The molecule has 94 valence electrons. The molecule has 0 aliphatic carbocycles. The smallest absolute Gasteiger partial charge is 0.302 e. The molecule has 0 atom stereocenters. The van der Waals surface area contributed by atoms with Gasteiger partial charge in [0, 0.05) is 32.7 Å². The Hall–Kier alpha value is -0.360. The molecule has 0 aromatic rings. The standard InChI is InChI=1S/C10H16F4N2/c1-15-6-9(11,7-15)2-3-16-4-8(5-16)10(12,13)14/h8H,2-7H2,1H3. The van der Waals surface area contributed by atoms with Crippen LogP contribution in [0, 0.1) is 5.92 Å². The molecule has 0 N–H and O–H groups in total. The topological polar surface area (TPSA) is 6.48 Å². The zero-order chi connectivity index (χ0) is 12.0. The van der Waals surface area contributed by atoms with E-state index in [1.165, 1.54) is 0 Å². The Bertz CT molecular complexity index is 254. The molecule has 0 spiro atoms. The first-order valence-electron chi connectivity index (χ1n) is 5.45. The van der Waals surface area contributed by atoms with Crippen molar-refractivity contribution in [1.29, 1.82) is 0 Å². The first-order valence-corrected chi connectivity index (χ1v) is 5.45. The van der Waals surface area contributed by atoms with Crippen molar-refractivity contribution in [2.45, 2.75) is 18.3 Å². The summed E-state index contributed by atoms with van der Waals surface area (Å²) in [6, 6.07) is 0. The van der Waals surface area contributed by atoms with E-state index in [0.29, 0.717) is 26.1 Å². The van der Waals surface area contributed by atoms with Gasteiger partial charge < -0.3 is 4.90 Å². The zero-order valence-electron chi connectivity index (χ0n) is 9.23. The minimum absolute atomic E-state index is 0.0371. The lowest BCUT2D eigenvalue weighted by Gasteiger charge is -2.45. The molecule has 2 aliphatic heterocycles. The van der Waals surface area contributed by atoms with E-state index in [4.69, 9.17) is 0 Å². The van der Waals surface area contributed by atoms with Crippen molar-refractivity contribution < 1.29 is 17.6 Å². The van der Waals surface area contributed by atoms with E-state index in [0.717, 1.165) is 0 Å². The Morgan fingerprint density at radius 3 is 2.25 bits per heavy atom. The van der Waals surface area contributed by atoms with E-state index in [9.17, 15) is 17.6 Å². The van der Waals surface area contributed by atoms with Gasteiger partial charge in [-0.15, -0.1) is 0 Å². The third kappa shape index (κ3) is 2.48. The molecule has 16 heavy (non-hydrogen) atoms. The lowest BCUT2D eigenvalue weighted by molar-refractivity contribution is -0.210. The summed E-state index contributed by atoms with van der Waals surface area (Å²) < 4.78 is 50.2. The number of likely N-dealkylation sites (tertiary alicyclic amines) is 2. The van der Waals surface area contributed by atoms with Gasteiger partial charge in [-0.3, -0.25) is 4.90 Å². The van der Waals surface area contributed by atoms with Gasteiger partial charge in [-0.1, -0.05) is 0 Å². The zero-order valence-corrected chi connectivity index (χ0v) is 9.23. The van der Waals surface area contributed by atoms with Gasteiger partial charge in [0.2, 0.25) is 0 Å². The predicted octanol–water partition coefficient (Wildman–Crippen LogP) is 1.52. The molecular weight excluding hydrogens is 224 g/mol. The Morgan fingerprint density at radius 2 is 1.81 bits per heavy atom. The number of halogens is 4. The van der Waals surface area contributed by atoms with E-state index in [2.05, 4.69) is 0 Å². The van der Waals surface area contributed by atoms with Crippen LogP contribution in [-0.4, -0.2) is 61.4 Å². The highest BCUT2D eigenvalue weighted by Crippen LogP contribution is 2.35. The van der Waals surface area contributed by atoms with Crippen LogP contribution in [0.5, 0.6) is 0 Å². The molecule has 2 fully saturated rings. The molecule has 0 aromatic heterocycles. The Kier molecular flexibility index (Phi) is 2.90. The SMILES string of the molecule is CN1CC(F)(CCN2CC(C(F)(F)F)C2)C1. The Balaban J connectivity index is 1.64. The molecule has 0 unspecified atom stereocenters. The van der Waals surface area contributed by atoms with Crippen LogP contribution in [0.25, 0.3) is 0 Å². The fourth-order valence-corrected chi connectivity index (χ4v) is 2.40. The molecule has 2 nitrogen and oxygen atoms in total. The van der Waals surface area contributed by atoms with Crippen LogP contribution in [0.4, 0.5) is 17.6 Å². The molecule has 0 bridgehead atoms. The van der Waals surface area contributed by atoms with Gasteiger partial charge in [-0.05, 0) is 13.5 Å². The monoisotopic (exact) mass is 240 g/mol. The number of nitrogens with zero attached hydrogens (tertiary/aromatic N) is 2. The maximum Gasteiger partial charge on any atom is 0.394 e. The van der Waals surface area contributed by atoms with Crippen molar-refractivity contribution in [3.8, 4) is 0 Å². The molecule has 0 amide bonds. The fraction of sp³-hybridized carbons (Fsp3) is 1.00. The minimum atomic E-state index is -4.08. The van der Waals surface area contributed by atoms with Gasteiger partial charge in [-0.25, -0.2) is 4.39 Å². The van der Waals surface area contributed by atoms with E-state index in [1.807, 2.05) is 11.9 Å². The number of alkyl halides is 4. The quantitative estimate of drug-likeness (QED) is 0.690. The first kappa shape index (κ1) is 12.1. The maximum absolute atomic E-state index is 13.7. The molecule has 2 heterocycles. The van der Waals surface area contributed by atoms with Gasteiger partial charge in [0.05, 0.1) is 5.92 Å². The maximum atomic E-state index is 13.7. The Labute approximate surface area is 92.2 Å². The molecule has 2 saturated heterocycles. The van der Waals surface area contributed by atoms with E-state index in [1.54, 1.807) is 4.90 Å². The number of rotatable bonds is 3. The summed E-state index contributed by atoms with van der Waals surface area (Å²) in [6.45, 7) is 1.33. The van der Waals surface area contributed by atoms with E-state index >= 15 is 0 Å². The first-order chi connectivity index (χ1) is 7.28. The molecule has 2 aliphatic rings. The van der Waals surface area contributed by atoms with Gasteiger partial charge in [-0.2, -0.15) is 13.2 Å². The molecule has 0 saturated carbocycles. The summed E-state index contributed by atoms with van der Waals surface area (Å²) in [5.41, 5.74) is -1.17. The summed E-state index contributed by atoms with van der Waals surface area (Å²) in [7, 11) is 1.83. The van der Waals surface area contributed by atoms with E-state index < -0.39 is 17.8 Å². The van der Waals surface area contributed by atoms with Crippen LogP contribution in [0.15, 0.2) is 0 Å². The van der Waals surface area contributed by atoms with Gasteiger partial charge in [0.1, 0.15) is 5.67 Å². The molecule has 0 radical (unpaired) electrons. The third-order valence-corrected chi connectivity index (χ3v) is 3.40. The van der Waals surface area contributed by atoms with Crippen molar-refractivity contribution in [1.82, 2.24) is 9.80 Å². The summed E-state index contributed by atoms with van der Waals surface area (Å²) in [5.74, 6) is -1.20. The van der Waals surface area contributed by atoms with Gasteiger partial charge >= 0.3 is 6.18 Å². The summed E-state index contributed by atoms with van der Waals surface area (Å²) in [4.78, 5) is 3.55. The van der Waals surface area contributed by atoms with Gasteiger partial charge in [0.15, 0.2) is 0 Å². The lowest BCUT2D eigenvalue weighted by Crippen LogP contribution is -2.60. The average Bonchev–Trinajstić information content (AvgIpc) is 1.95. The van der Waals surface area contributed by atoms with Crippen LogP contribution < -0.4 is 0 Å². The second-order valence-corrected chi connectivity index (χ2v) is 5.07. The molecular formula is C10H16F4N2. The van der Waals surface area contributed by atoms with Crippen molar-refractivity contribution in [2.24, 2.45) is 5.92 Å². The summed E-state index contributed by atoms with van der Waals surface area (Å²) in [5, 5.41) is 0. The largest absolute Gasteiger partial charge is 0.394 e. The van der Waals surface area contributed by atoms with Crippen molar-refractivity contribution in [3.63, 3.8) is 0 Å². The van der Waals surface area contributed by atoms with Gasteiger partial charge in [0.25, 0.3) is 0 Å². The van der Waals surface area contributed by atoms with Crippen molar-refractivity contribution in [2.75, 3.05) is 39.8 Å². The van der Waals surface area contributed by atoms with Crippen LogP contribution >= 0.6 is 0 Å². The number of hydrogen-bond donors (Lipinski definition) is 0. The molecule has 6 heteroatoms. The van der Waals surface area contributed by atoms with Crippen molar-refractivity contribution in [3.05, 3.63) is 0 Å². The van der Waals surface area contributed by atoms with Crippen LogP contribution in [0.1, 0.15) is 6.42 Å². The second-order valence-electron chi connectivity index (χ2n) is 5.07. The predicted molar refractivity (Wildman–Crippen MR) is 51.9 cm³/mol. The van der Waals surface area contributed by atoms with Crippen LogP contribution in [0.3, 0.4) is 0 Å². The fourth-order valence-electron chi connectivity index (χ4n) is 2.40. The van der Waals surface area contributed by atoms with E-state index in [-0.39, 0.29) is 13.1 Å². The normalized spacial score (nSPS) is 27.6. The van der Waals surface area contributed by atoms with Crippen molar-refractivity contribution >= 4 is 0 Å². The summed E-state index contributed by atoms with van der Waals surface area (Å²) in [6.07, 6.45) is -3.73. The second kappa shape index (κ2) is 3.84. The third-order valence-electron chi connectivity index (χ3n) is 3.40. The number of hydrogen-bond acceptors (Lipinski definition) is 2. The lowest BCUT2D eigenvalue weighted by atomic mass is 9.91. The minimum Gasteiger partial charge on any atom is -0.302 e. The molecule has 0 aromatic carbocycles.